The van der Waals surface area contributed by atoms with Gasteiger partial charge in [0.2, 0.25) is 0 Å². The van der Waals surface area contributed by atoms with E-state index in [1.807, 2.05) is 0 Å². The molecular weight excluding hydrogens is 166 g/mol. The third-order valence-electron chi connectivity index (χ3n) is 3.36. The summed E-state index contributed by atoms with van der Waals surface area (Å²) in [5, 5.41) is 0. The van der Waals surface area contributed by atoms with Crippen LogP contribution in [0.2, 0.25) is 0 Å². The Morgan fingerprint density at radius 1 is 1.31 bits per heavy atom. The Kier molecular flexibility index (Phi) is 2.28. The number of esters is 1. The Morgan fingerprint density at radius 3 is 2.62 bits per heavy atom. The molecule has 0 N–H and O–H groups in total. The lowest BCUT2D eigenvalue weighted by Crippen LogP contribution is -2.43. The van der Waals surface area contributed by atoms with Crippen molar-refractivity contribution in [2.45, 2.75) is 32.3 Å². The van der Waals surface area contributed by atoms with Gasteiger partial charge in [-0.15, -0.1) is 0 Å². The standard InChI is InChI=1S/C10H18NO2/c1-9(12)13-10-4-7-11(8-10)5-2-3-6-11/h10H,2-8H2,1H3/q+1. The van der Waals surface area contributed by atoms with E-state index in [-0.39, 0.29) is 12.1 Å². The summed E-state index contributed by atoms with van der Waals surface area (Å²) in [6.07, 6.45) is 3.98. The molecule has 2 rings (SSSR count). The Hall–Kier alpha value is -0.570. The van der Waals surface area contributed by atoms with E-state index in [9.17, 15) is 4.79 Å². The van der Waals surface area contributed by atoms with Crippen LogP contribution in [0.4, 0.5) is 0 Å². The number of nitrogens with zero attached hydrogens (tertiary/aromatic N) is 1. The third-order valence-corrected chi connectivity index (χ3v) is 3.36. The Labute approximate surface area is 79.3 Å². The molecule has 2 aliphatic rings. The van der Waals surface area contributed by atoms with Gasteiger partial charge in [-0.1, -0.05) is 0 Å². The molecular formula is C10H18NO2+. The van der Waals surface area contributed by atoms with E-state index in [1.165, 1.54) is 43.9 Å². The molecule has 3 heteroatoms. The topological polar surface area (TPSA) is 26.3 Å². The van der Waals surface area contributed by atoms with E-state index in [4.69, 9.17) is 4.74 Å². The summed E-state index contributed by atoms with van der Waals surface area (Å²) in [5.41, 5.74) is 0. The molecule has 0 saturated carbocycles. The van der Waals surface area contributed by atoms with E-state index in [2.05, 4.69) is 0 Å². The number of rotatable bonds is 1. The predicted octanol–water partition coefficient (Wildman–Crippen LogP) is 0.932. The molecule has 74 valence electrons. The zero-order valence-electron chi connectivity index (χ0n) is 8.29. The van der Waals surface area contributed by atoms with Crippen molar-refractivity contribution in [1.82, 2.24) is 0 Å². The largest absolute Gasteiger partial charge is 0.456 e. The van der Waals surface area contributed by atoms with Gasteiger partial charge in [-0.25, -0.2) is 0 Å². The highest BCUT2D eigenvalue weighted by Crippen LogP contribution is 2.28. The minimum atomic E-state index is -0.121. The van der Waals surface area contributed by atoms with Crippen LogP contribution in [0.15, 0.2) is 0 Å². The maximum atomic E-state index is 10.8. The molecule has 1 atom stereocenters. The fourth-order valence-corrected chi connectivity index (χ4v) is 2.78. The predicted molar refractivity (Wildman–Crippen MR) is 49.1 cm³/mol. The molecule has 13 heavy (non-hydrogen) atoms. The smallest absolute Gasteiger partial charge is 0.303 e. The SMILES string of the molecule is CC(=O)OC1CC[N+]2(CCCC2)C1. The molecule has 2 fully saturated rings. The van der Waals surface area contributed by atoms with Gasteiger partial charge in [0.15, 0.2) is 6.10 Å². The van der Waals surface area contributed by atoms with Crippen LogP contribution in [-0.2, 0) is 9.53 Å². The van der Waals surface area contributed by atoms with E-state index >= 15 is 0 Å². The summed E-state index contributed by atoms with van der Waals surface area (Å²) in [6.45, 7) is 6.40. The first-order valence-electron chi connectivity index (χ1n) is 5.23. The second-order valence-corrected chi connectivity index (χ2v) is 4.42. The normalized spacial score (nSPS) is 31.0. The lowest BCUT2D eigenvalue weighted by Gasteiger charge is -2.28. The van der Waals surface area contributed by atoms with Crippen molar-refractivity contribution in [2.75, 3.05) is 26.2 Å². The zero-order chi connectivity index (χ0) is 9.31. The van der Waals surface area contributed by atoms with Gasteiger partial charge in [-0.3, -0.25) is 4.79 Å². The summed E-state index contributed by atoms with van der Waals surface area (Å²) in [7, 11) is 0. The Balaban J connectivity index is 1.89. The summed E-state index contributed by atoms with van der Waals surface area (Å²) < 4.78 is 6.46. The number of hydrogen-bond acceptors (Lipinski definition) is 2. The monoisotopic (exact) mass is 184 g/mol. The van der Waals surface area contributed by atoms with Crippen LogP contribution in [0, 0.1) is 0 Å². The number of ether oxygens (including phenoxy) is 1. The zero-order valence-corrected chi connectivity index (χ0v) is 8.29. The molecule has 0 bridgehead atoms. The van der Waals surface area contributed by atoms with Crippen LogP contribution in [0.3, 0.4) is 0 Å². The fourth-order valence-electron chi connectivity index (χ4n) is 2.78. The lowest BCUT2D eigenvalue weighted by molar-refractivity contribution is -0.906. The number of hydrogen-bond donors (Lipinski definition) is 0. The maximum Gasteiger partial charge on any atom is 0.303 e. The van der Waals surface area contributed by atoms with Crippen LogP contribution in [0.25, 0.3) is 0 Å². The highest BCUT2D eigenvalue weighted by atomic mass is 16.5. The summed E-state index contributed by atoms with van der Waals surface area (Å²) in [6, 6.07) is 0. The summed E-state index contributed by atoms with van der Waals surface area (Å²) in [4.78, 5) is 10.8. The molecule has 0 amide bonds. The molecule has 3 nitrogen and oxygen atoms in total. The van der Waals surface area contributed by atoms with E-state index < -0.39 is 0 Å². The minimum Gasteiger partial charge on any atom is -0.456 e. The summed E-state index contributed by atoms with van der Waals surface area (Å²) in [5.74, 6) is -0.121. The molecule has 0 aromatic heterocycles. The van der Waals surface area contributed by atoms with Gasteiger partial charge < -0.3 is 9.22 Å². The minimum absolute atomic E-state index is 0.121. The quantitative estimate of drug-likeness (QED) is 0.447. The van der Waals surface area contributed by atoms with Crippen molar-refractivity contribution in [3.05, 3.63) is 0 Å². The average molecular weight is 184 g/mol. The molecule has 1 unspecified atom stereocenters. The van der Waals surface area contributed by atoms with Gasteiger partial charge >= 0.3 is 5.97 Å². The van der Waals surface area contributed by atoms with Crippen molar-refractivity contribution in [2.24, 2.45) is 0 Å². The molecule has 0 aromatic carbocycles. The van der Waals surface area contributed by atoms with E-state index in [1.54, 1.807) is 0 Å². The average Bonchev–Trinajstić information content (AvgIpc) is 2.63. The number of carbonyl (C=O) groups excluding carboxylic acids is 1. The van der Waals surface area contributed by atoms with Crippen molar-refractivity contribution >= 4 is 5.97 Å². The van der Waals surface area contributed by atoms with Crippen molar-refractivity contribution in [3.63, 3.8) is 0 Å². The van der Waals surface area contributed by atoms with Gasteiger partial charge in [0.05, 0.1) is 19.6 Å². The van der Waals surface area contributed by atoms with Crippen LogP contribution in [0.5, 0.6) is 0 Å². The summed E-state index contributed by atoms with van der Waals surface area (Å²) >= 11 is 0. The lowest BCUT2D eigenvalue weighted by atomic mass is 10.3. The Bertz CT molecular complexity index is 209. The van der Waals surface area contributed by atoms with Crippen LogP contribution in [-0.4, -0.2) is 42.7 Å². The molecule has 0 aromatic rings. The second-order valence-electron chi connectivity index (χ2n) is 4.42. The highest BCUT2D eigenvalue weighted by molar-refractivity contribution is 5.66. The number of carbonyl (C=O) groups is 1. The molecule has 2 saturated heterocycles. The first-order valence-corrected chi connectivity index (χ1v) is 5.23. The van der Waals surface area contributed by atoms with Gasteiger partial charge in [-0.05, 0) is 0 Å². The van der Waals surface area contributed by atoms with Crippen molar-refractivity contribution in [1.29, 1.82) is 0 Å². The van der Waals surface area contributed by atoms with E-state index in [0.29, 0.717) is 0 Å². The molecule has 2 heterocycles. The fraction of sp³-hybridized carbons (Fsp3) is 0.900. The van der Waals surface area contributed by atoms with Crippen LogP contribution in [0.1, 0.15) is 26.2 Å². The van der Waals surface area contributed by atoms with Gasteiger partial charge in [-0.2, -0.15) is 0 Å². The van der Waals surface area contributed by atoms with Gasteiger partial charge in [0, 0.05) is 26.2 Å². The van der Waals surface area contributed by atoms with Gasteiger partial charge in [0.1, 0.15) is 6.54 Å². The van der Waals surface area contributed by atoms with E-state index in [0.717, 1.165) is 13.0 Å². The van der Waals surface area contributed by atoms with Gasteiger partial charge in [0.25, 0.3) is 0 Å². The highest BCUT2D eigenvalue weighted by Gasteiger charge is 2.41. The first-order chi connectivity index (χ1) is 6.20. The van der Waals surface area contributed by atoms with Crippen LogP contribution < -0.4 is 0 Å². The number of quaternary nitrogens is 1. The molecule has 0 radical (unpaired) electrons. The van der Waals surface area contributed by atoms with Crippen molar-refractivity contribution < 1.29 is 14.0 Å². The molecule has 2 aliphatic heterocycles. The third kappa shape index (κ3) is 1.85. The van der Waals surface area contributed by atoms with Crippen molar-refractivity contribution in [3.8, 4) is 0 Å². The second kappa shape index (κ2) is 3.29. The maximum absolute atomic E-state index is 10.8. The Morgan fingerprint density at radius 2 is 2.00 bits per heavy atom. The molecule has 1 spiro atoms. The molecule has 0 aliphatic carbocycles. The van der Waals surface area contributed by atoms with Crippen LogP contribution >= 0.6 is 0 Å². The first kappa shape index (κ1) is 9.00.